The smallest absolute Gasteiger partial charge is 0.313 e. The summed E-state index contributed by atoms with van der Waals surface area (Å²) in [6.07, 6.45) is 6.62. The number of thioether (sulfide) groups is 1. The third-order valence-electron chi connectivity index (χ3n) is 3.54. The molecule has 1 aromatic heterocycles. The van der Waals surface area contributed by atoms with Gasteiger partial charge in [0.05, 0.1) is 11.9 Å². The first-order valence-corrected chi connectivity index (χ1v) is 8.57. The second-order valence-electron chi connectivity index (χ2n) is 5.26. The van der Waals surface area contributed by atoms with Gasteiger partial charge in [-0.15, -0.1) is 10.2 Å². The fourth-order valence-electron chi connectivity index (χ4n) is 2.49. The maximum absolute atomic E-state index is 10.7. The van der Waals surface area contributed by atoms with Crippen molar-refractivity contribution < 1.29 is 14.6 Å². The summed E-state index contributed by atoms with van der Waals surface area (Å²) in [5.74, 6) is 0.132. The summed E-state index contributed by atoms with van der Waals surface area (Å²) in [6, 6.07) is 0. The lowest BCUT2D eigenvalue weighted by Gasteiger charge is -2.23. The Kier molecular flexibility index (Phi) is 6.50. The van der Waals surface area contributed by atoms with Crippen LogP contribution in [0, 0.1) is 0 Å². The van der Waals surface area contributed by atoms with Crippen LogP contribution in [0.1, 0.15) is 44.9 Å². The van der Waals surface area contributed by atoms with Crippen LogP contribution in [0.2, 0.25) is 0 Å². The molecule has 7 heteroatoms. The summed E-state index contributed by atoms with van der Waals surface area (Å²) in [7, 11) is 0. The molecule has 0 bridgehead atoms. The molecular formula is C14H23N3O3S. The average molecular weight is 313 g/mol. The molecule has 0 spiro atoms. The maximum Gasteiger partial charge on any atom is 0.313 e. The van der Waals surface area contributed by atoms with Crippen LogP contribution in [-0.4, -0.2) is 44.3 Å². The highest BCUT2D eigenvalue weighted by atomic mass is 32.2. The number of aliphatic carboxylic acids is 1. The van der Waals surface area contributed by atoms with Crippen LogP contribution in [0.15, 0.2) is 5.16 Å². The second-order valence-corrected chi connectivity index (χ2v) is 6.20. The molecule has 2 heterocycles. The predicted octanol–water partition coefficient (Wildman–Crippen LogP) is 2.37. The van der Waals surface area contributed by atoms with E-state index in [4.69, 9.17) is 9.84 Å². The van der Waals surface area contributed by atoms with E-state index in [1.807, 2.05) is 0 Å². The monoisotopic (exact) mass is 313 g/mol. The summed E-state index contributed by atoms with van der Waals surface area (Å²) in [5.41, 5.74) is 0. The van der Waals surface area contributed by atoms with Crippen molar-refractivity contribution in [1.29, 1.82) is 0 Å². The van der Waals surface area contributed by atoms with E-state index in [1.165, 1.54) is 18.2 Å². The minimum atomic E-state index is -0.831. The van der Waals surface area contributed by atoms with Crippen molar-refractivity contribution >= 4 is 17.7 Å². The molecular weight excluding hydrogens is 290 g/mol. The lowest BCUT2D eigenvalue weighted by atomic mass is 10.1. The Balaban J connectivity index is 1.98. The molecule has 0 aromatic carbocycles. The van der Waals surface area contributed by atoms with Gasteiger partial charge in [0.2, 0.25) is 0 Å². The van der Waals surface area contributed by atoms with Gasteiger partial charge in [-0.25, -0.2) is 0 Å². The average Bonchev–Trinajstić information content (AvgIpc) is 2.86. The molecule has 1 fully saturated rings. The second kappa shape index (κ2) is 8.38. The predicted molar refractivity (Wildman–Crippen MR) is 80.6 cm³/mol. The van der Waals surface area contributed by atoms with E-state index in [-0.39, 0.29) is 5.75 Å². The Morgan fingerprint density at radius 1 is 1.48 bits per heavy atom. The van der Waals surface area contributed by atoms with Gasteiger partial charge in [0.25, 0.3) is 0 Å². The van der Waals surface area contributed by atoms with E-state index in [1.54, 1.807) is 0 Å². The topological polar surface area (TPSA) is 77.2 Å². The number of aryl methyl sites for hydroxylation is 1. The van der Waals surface area contributed by atoms with Gasteiger partial charge in [0.1, 0.15) is 5.82 Å². The molecule has 0 amide bonds. The largest absolute Gasteiger partial charge is 0.481 e. The molecule has 0 aliphatic carbocycles. The molecule has 2 rings (SSSR count). The van der Waals surface area contributed by atoms with E-state index < -0.39 is 5.97 Å². The van der Waals surface area contributed by atoms with E-state index in [9.17, 15) is 4.79 Å². The van der Waals surface area contributed by atoms with Crippen LogP contribution in [0.3, 0.4) is 0 Å². The number of aromatic nitrogens is 3. The van der Waals surface area contributed by atoms with Crippen molar-refractivity contribution in [3.8, 4) is 0 Å². The van der Waals surface area contributed by atoms with Crippen LogP contribution in [0.4, 0.5) is 0 Å². The van der Waals surface area contributed by atoms with E-state index >= 15 is 0 Å². The first-order valence-electron chi connectivity index (χ1n) is 7.59. The molecule has 1 N–H and O–H groups in total. The van der Waals surface area contributed by atoms with Crippen LogP contribution in [0.5, 0.6) is 0 Å². The van der Waals surface area contributed by atoms with Crippen LogP contribution >= 0.6 is 11.8 Å². The summed E-state index contributed by atoms with van der Waals surface area (Å²) in [4.78, 5) is 10.7. The van der Waals surface area contributed by atoms with Gasteiger partial charge < -0.3 is 14.4 Å². The van der Waals surface area contributed by atoms with Crippen molar-refractivity contribution in [2.24, 2.45) is 0 Å². The Morgan fingerprint density at radius 2 is 2.33 bits per heavy atom. The van der Waals surface area contributed by atoms with Crippen molar-refractivity contribution in [1.82, 2.24) is 14.8 Å². The zero-order chi connectivity index (χ0) is 15.1. The highest BCUT2D eigenvalue weighted by molar-refractivity contribution is 7.99. The number of carbonyl (C=O) groups is 1. The first-order chi connectivity index (χ1) is 10.2. The molecule has 1 aliphatic heterocycles. The molecule has 0 radical (unpaired) electrons. The van der Waals surface area contributed by atoms with Gasteiger partial charge in [-0.3, -0.25) is 4.79 Å². The molecule has 1 atom stereocenters. The minimum absolute atomic E-state index is 0.0180. The standard InChI is InChI=1S/C14H23N3O3S/c1-2-5-12-15-16-14(21-10-13(18)19)17(12)8-7-11-6-3-4-9-20-11/h11H,2-10H2,1H3,(H,18,19). The fraction of sp³-hybridized carbons (Fsp3) is 0.786. The summed E-state index contributed by atoms with van der Waals surface area (Å²) >= 11 is 1.24. The summed E-state index contributed by atoms with van der Waals surface area (Å²) < 4.78 is 7.82. The molecule has 1 unspecified atom stereocenters. The van der Waals surface area contributed by atoms with Crippen molar-refractivity contribution in [3.63, 3.8) is 0 Å². The van der Waals surface area contributed by atoms with Gasteiger partial charge >= 0.3 is 5.97 Å². The van der Waals surface area contributed by atoms with Gasteiger partial charge in [-0.2, -0.15) is 0 Å². The normalized spacial score (nSPS) is 18.8. The van der Waals surface area contributed by atoms with Gasteiger partial charge in [0, 0.05) is 19.6 Å². The molecule has 118 valence electrons. The molecule has 1 saturated heterocycles. The van der Waals surface area contributed by atoms with Crippen LogP contribution < -0.4 is 0 Å². The zero-order valence-electron chi connectivity index (χ0n) is 12.5. The molecule has 1 aliphatic rings. The number of rotatable bonds is 8. The number of carboxylic acids is 1. The van der Waals surface area contributed by atoms with Crippen molar-refractivity contribution in [3.05, 3.63) is 5.82 Å². The van der Waals surface area contributed by atoms with E-state index in [0.29, 0.717) is 11.3 Å². The number of nitrogens with zero attached hydrogens (tertiary/aromatic N) is 3. The Hall–Kier alpha value is -1.08. The molecule has 0 saturated carbocycles. The lowest BCUT2D eigenvalue weighted by Crippen LogP contribution is -2.21. The van der Waals surface area contributed by atoms with Crippen molar-refractivity contribution in [2.45, 2.75) is 63.3 Å². The first kappa shape index (κ1) is 16.3. The Morgan fingerprint density at radius 3 is 3.00 bits per heavy atom. The highest BCUT2D eigenvalue weighted by Crippen LogP contribution is 2.21. The van der Waals surface area contributed by atoms with Gasteiger partial charge in [-0.05, 0) is 32.1 Å². The third kappa shape index (κ3) is 5.00. The minimum Gasteiger partial charge on any atom is -0.481 e. The summed E-state index contributed by atoms with van der Waals surface area (Å²) in [5, 5.41) is 17.9. The zero-order valence-corrected chi connectivity index (χ0v) is 13.3. The number of hydrogen-bond acceptors (Lipinski definition) is 5. The van der Waals surface area contributed by atoms with E-state index in [0.717, 1.165) is 51.1 Å². The number of carboxylic acid groups (broad SMARTS) is 1. The van der Waals surface area contributed by atoms with Crippen molar-refractivity contribution in [2.75, 3.05) is 12.4 Å². The quantitative estimate of drug-likeness (QED) is 0.742. The van der Waals surface area contributed by atoms with Gasteiger partial charge in [0.15, 0.2) is 5.16 Å². The number of hydrogen-bond donors (Lipinski definition) is 1. The molecule has 21 heavy (non-hydrogen) atoms. The Labute approximate surface area is 129 Å². The maximum atomic E-state index is 10.7. The SMILES string of the molecule is CCCc1nnc(SCC(=O)O)n1CCC1CCCCO1. The van der Waals surface area contributed by atoms with Gasteiger partial charge in [-0.1, -0.05) is 18.7 Å². The fourth-order valence-corrected chi connectivity index (χ4v) is 3.20. The molecule has 6 nitrogen and oxygen atoms in total. The van der Waals surface area contributed by atoms with Crippen LogP contribution in [-0.2, 0) is 22.5 Å². The summed E-state index contributed by atoms with van der Waals surface area (Å²) in [6.45, 7) is 3.76. The highest BCUT2D eigenvalue weighted by Gasteiger charge is 2.17. The number of ether oxygens (including phenoxy) is 1. The van der Waals surface area contributed by atoms with Crippen LogP contribution in [0.25, 0.3) is 0 Å². The third-order valence-corrected chi connectivity index (χ3v) is 4.49. The Bertz CT molecular complexity index is 458. The van der Waals surface area contributed by atoms with E-state index in [2.05, 4.69) is 21.7 Å². The molecule has 1 aromatic rings. The lowest BCUT2D eigenvalue weighted by molar-refractivity contribution is -0.133.